The van der Waals surface area contributed by atoms with E-state index in [2.05, 4.69) is 0 Å². The summed E-state index contributed by atoms with van der Waals surface area (Å²) in [6.45, 7) is -0.330. The first-order chi connectivity index (χ1) is 6.46. The Morgan fingerprint density at radius 2 is 2.07 bits per heavy atom. The van der Waals surface area contributed by atoms with Gasteiger partial charge < -0.3 is 5.11 Å². The zero-order valence-electron chi connectivity index (χ0n) is 7.27. The highest BCUT2D eigenvalue weighted by atomic mass is 32.2. The van der Waals surface area contributed by atoms with Gasteiger partial charge in [0.05, 0.1) is 4.90 Å². The van der Waals surface area contributed by atoms with Crippen molar-refractivity contribution in [3.63, 3.8) is 0 Å². The summed E-state index contributed by atoms with van der Waals surface area (Å²) in [5.74, 6) is -0.675. The molecule has 1 rings (SSSR count). The first-order valence-corrected chi connectivity index (χ1v) is 5.42. The fourth-order valence-corrected chi connectivity index (χ4v) is 1.97. The van der Waals surface area contributed by atoms with Gasteiger partial charge in [0.25, 0.3) is 0 Å². The Bertz CT molecular complexity index is 430. The number of hydrogen-bond donors (Lipinski definition) is 2. The smallest absolute Gasteiger partial charge is 0.238 e. The average Bonchev–Trinajstić information content (AvgIpc) is 2.07. The molecule has 0 atom stereocenters. The molecule has 0 aliphatic carbocycles. The van der Waals surface area contributed by atoms with Crippen molar-refractivity contribution in [1.29, 1.82) is 0 Å². The topological polar surface area (TPSA) is 80.4 Å². The van der Waals surface area contributed by atoms with Crippen LogP contribution in [-0.4, -0.2) is 20.1 Å². The molecule has 3 N–H and O–H groups in total. The van der Waals surface area contributed by atoms with Crippen molar-refractivity contribution >= 4 is 10.0 Å². The van der Waals surface area contributed by atoms with E-state index < -0.39 is 15.8 Å². The minimum Gasteiger partial charge on any atom is -0.396 e. The molecule has 0 aliphatic heterocycles. The Morgan fingerprint density at radius 1 is 1.43 bits per heavy atom. The third kappa shape index (κ3) is 2.28. The second-order valence-electron chi connectivity index (χ2n) is 2.74. The standard InChI is InChI=1S/C8H10FNO3S/c9-7-2-1-3-8(14(10,12)13)6(7)4-5-11/h1-3,11H,4-5H2,(H2,10,12,13). The molecule has 0 amide bonds. The van der Waals surface area contributed by atoms with Gasteiger partial charge in [0.2, 0.25) is 10.0 Å². The first-order valence-electron chi connectivity index (χ1n) is 3.88. The van der Waals surface area contributed by atoms with Crippen LogP contribution in [0.25, 0.3) is 0 Å². The van der Waals surface area contributed by atoms with E-state index in [0.29, 0.717) is 0 Å². The van der Waals surface area contributed by atoms with Crippen LogP contribution < -0.4 is 5.14 Å². The Kier molecular flexibility index (Phi) is 3.20. The van der Waals surface area contributed by atoms with Crippen LogP contribution in [-0.2, 0) is 16.4 Å². The van der Waals surface area contributed by atoms with Gasteiger partial charge in [-0.2, -0.15) is 0 Å². The molecule has 14 heavy (non-hydrogen) atoms. The van der Waals surface area contributed by atoms with Gasteiger partial charge in [-0.1, -0.05) is 6.07 Å². The molecule has 78 valence electrons. The minimum atomic E-state index is -3.93. The van der Waals surface area contributed by atoms with Gasteiger partial charge in [-0.05, 0) is 18.6 Å². The van der Waals surface area contributed by atoms with Gasteiger partial charge in [0.15, 0.2) is 0 Å². The molecule has 4 nitrogen and oxygen atoms in total. The summed E-state index contributed by atoms with van der Waals surface area (Å²) >= 11 is 0. The van der Waals surface area contributed by atoms with Crippen molar-refractivity contribution in [2.75, 3.05) is 6.61 Å². The van der Waals surface area contributed by atoms with Gasteiger partial charge in [0, 0.05) is 12.2 Å². The van der Waals surface area contributed by atoms with Crippen molar-refractivity contribution in [2.24, 2.45) is 5.14 Å². The van der Waals surface area contributed by atoms with Crippen LogP contribution in [0.5, 0.6) is 0 Å². The van der Waals surface area contributed by atoms with Crippen LogP contribution in [0.15, 0.2) is 23.1 Å². The van der Waals surface area contributed by atoms with Crippen molar-refractivity contribution in [3.05, 3.63) is 29.6 Å². The lowest BCUT2D eigenvalue weighted by molar-refractivity contribution is 0.296. The van der Waals surface area contributed by atoms with Crippen LogP contribution in [0, 0.1) is 5.82 Å². The van der Waals surface area contributed by atoms with Crippen molar-refractivity contribution in [3.8, 4) is 0 Å². The van der Waals surface area contributed by atoms with E-state index in [1.165, 1.54) is 12.1 Å². The largest absolute Gasteiger partial charge is 0.396 e. The summed E-state index contributed by atoms with van der Waals surface area (Å²) in [7, 11) is -3.93. The molecule has 0 saturated heterocycles. The zero-order valence-corrected chi connectivity index (χ0v) is 8.09. The number of nitrogens with two attached hydrogens (primary N) is 1. The fourth-order valence-electron chi connectivity index (χ4n) is 1.16. The van der Waals surface area contributed by atoms with Crippen LogP contribution in [0.3, 0.4) is 0 Å². The summed E-state index contributed by atoms with van der Waals surface area (Å²) in [5, 5.41) is 13.5. The molecule has 6 heteroatoms. The summed E-state index contributed by atoms with van der Waals surface area (Å²) in [5.41, 5.74) is -0.0718. The Labute approximate surface area is 81.2 Å². The lowest BCUT2D eigenvalue weighted by Crippen LogP contribution is -2.16. The number of sulfonamides is 1. The van der Waals surface area contributed by atoms with Crippen molar-refractivity contribution < 1.29 is 17.9 Å². The molecule has 0 bridgehead atoms. The van der Waals surface area contributed by atoms with E-state index in [1.54, 1.807) is 0 Å². The number of hydrogen-bond acceptors (Lipinski definition) is 3. The maximum Gasteiger partial charge on any atom is 0.238 e. The first kappa shape index (κ1) is 11.1. The van der Waals surface area contributed by atoms with Crippen molar-refractivity contribution in [2.45, 2.75) is 11.3 Å². The van der Waals surface area contributed by atoms with Gasteiger partial charge in [-0.3, -0.25) is 0 Å². The summed E-state index contributed by atoms with van der Waals surface area (Å²) in [6, 6.07) is 3.60. The Morgan fingerprint density at radius 3 is 2.57 bits per heavy atom. The third-order valence-corrected chi connectivity index (χ3v) is 2.74. The molecule has 0 aromatic heterocycles. The monoisotopic (exact) mass is 219 g/mol. The van der Waals surface area contributed by atoms with E-state index in [4.69, 9.17) is 10.2 Å². The quantitative estimate of drug-likeness (QED) is 0.751. The third-order valence-electron chi connectivity index (χ3n) is 1.74. The highest BCUT2D eigenvalue weighted by Gasteiger charge is 2.16. The van der Waals surface area contributed by atoms with Crippen LogP contribution in [0.4, 0.5) is 4.39 Å². The number of aliphatic hydroxyl groups is 1. The molecule has 0 spiro atoms. The number of rotatable bonds is 3. The summed E-state index contributed by atoms with van der Waals surface area (Å²) < 4.78 is 35.2. The van der Waals surface area contributed by atoms with E-state index in [1.807, 2.05) is 0 Å². The molecule has 0 saturated carbocycles. The van der Waals surface area contributed by atoms with Gasteiger partial charge in [-0.15, -0.1) is 0 Å². The molecule has 0 radical (unpaired) electrons. The van der Waals surface area contributed by atoms with Crippen LogP contribution >= 0.6 is 0 Å². The predicted molar refractivity (Wildman–Crippen MR) is 48.6 cm³/mol. The lowest BCUT2D eigenvalue weighted by Gasteiger charge is -2.06. The maximum absolute atomic E-state index is 13.1. The summed E-state index contributed by atoms with van der Waals surface area (Å²) in [6.07, 6.45) is -0.0710. The van der Waals surface area contributed by atoms with Crippen LogP contribution in [0.1, 0.15) is 5.56 Å². The minimum absolute atomic E-state index is 0.0710. The molecule has 0 fully saturated rings. The van der Waals surface area contributed by atoms with E-state index in [0.717, 1.165) is 6.07 Å². The molecule has 1 aromatic carbocycles. The summed E-state index contributed by atoms with van der Waals surface area (Å²) in [4.78, 5) is -0.272. The van der Waals surface area contributed by atoms with Crippen molar-refractivity contribution in [1.82, 2.24) is 0 Å². The molecular weight excluding hydrogens is 209 g/mol. The van der Waals surface area contributed by atoms with E-state index in [9.17, 15) is 12.8 Å². The zero-order chi connectivity index (χ0) is 10.8. The molecule has 0 unspecified atom stereocenters. The average molecular weight is 219 g/mol. The van der Waals surface area contributed by atoms with Gasteiger partial charge >= 0.3 is 0 Å². The highest BCUT2D eigenvalue weighted by Crippen LogP contribution is 2.17. The second-order valence-corrected chi connectivity index (χ2v) is 4.26. The molecule has 0 aliphatic rings. The van der Waals surface area contributed by atoms with E-state index in [-0.39, 0.29) is 23.5 Å². The molecule has 0 heterocycles. The number of primary sulfonamides is 1. The molecular formula is C8H10FNO3S. The second kappa shape index (κ2) is 4.04. The SMILES string of the molecule is NS(=O)(=O)c1cccc(F)c1CCO. The highest BCUT2D eigenvalue weighted by molar-refractivity contribution is 7.89. The van der Waals surface area contributed by atoms with Gasteiger partial charge in [-0.25, -0.2) is 17.9 Å². The number of aliphatic hydroxyl groups excluding tert-OH is 1. The molecule has 1 aromatic rings. The van der Waals surface area contributed by atoms with Crippen LogP contribution in [0.2, 0.25) is 0 Å². The Balaban J connectivity index is 3.36. The normalized spacial score (nSPS) is 11.6. The van der Waals surface area contributed by atoms with E-state index >= 15 is 0 Å². The Hall–Kier alpha value is -0.980. The van der Waals surface area contributed by atoms with Gasteiger partial charge in [0.1, 0.15) is 5.82 Å². The lowest BCUT2D eigenvalue weighted by atomic mass is 10.1. The maximum atomic E-state index is 13.1. The predicted octanol–water partition coefficient (Wildman–Crippen LogP) is 0.00790. The number of halogens is 1. The number of benzene rings is 1. The fraction of sp³-hybridized carbons (Fsp3) is 0.250.